The molecule has 1 aromatic heterocycles. The largest absolute Gasteiger partial charge is 0.325 e. The SMILES string of the molecule is CCN(C(=O)CN1C(=O)NC2(CC(C)CC(C)(C)C2)C1=O)c1cnn(C)c1. The highest BCUT2D eigenvalue weighted by Crippen LogP contribution is 2.46. The second-order valence-electron chi connectivity index (χ2n) is 8.77. The lowest BCUT2D eigenvalue weighted by Crippen LogP contribution is -2.54. The van der Waals surface area contributed by atoms with Gasteiger partial charge in [0.2, 0.25) is 5.91 Å². The lowest BCUT2D eigenvalue weighted by atomic mass is 9.64. The second-order valence-corrected chi connectivity index (χ2v) is 8.77. The number of carbonyl (C=O) groups excluding carboxylic acids is 3. The average Bonchev–Trinajstić information content (AvgIpc) is 3.04. The summed E-state index contributed by atoms with van der Waals surface area (Å²) >= 11 is 0. The van der Waals surface area contributed by atoms with Gasteiger partial charge in [-0.1, -0.05) is 20.8 Å². The molecule has 2 aliphatic rings. The van der Waals surface area contributed by atoms with Gasteiger partial charge in [0.1, 0.15) is 12.1 Å². The number of hydrogen-bond acceptors (Lipinski definition) is 4. The quantitative estimate of drug-likeness (QED) is 0.815. The van der Waals surface area contributed by atoms with E-state index in [1.807, 2.05) is 6.92 Å². The zero-order valence-corrected chi connectivity index (χ0v) is 16.8. The van der Waals surface area contributed by atoms with Crippen LogP contribution in [-0.2, 0) is 16.6 Å². The van der Waals surface area contributed by atoms with E-state index in [0.29, 0.717) is 31.0 Å². The number of anilines is 1. The molecule has 1 aromatic rings. The minimum Gasteiger partial charge on any atom is -0.323 e. The minimum atomic E-state index is -0.885. The van der Waals surface area contributed by atoms with Crippen molar-refractivity contribution in [1.29, 1.82) is 0 Å². The van der Waals surface area contributed by atoms with Crippen LogP contribution in [0.3, 0.4) is 0 Å². The van der Waals surface area contributed by atoms with Crippen LogP contribution in [0.2, 0.25) is 0 Å². The van der Waals surface area contributed by atoms with Crippen molar-refractivity contribution in [2.24, 2.45) is 18.4 Å². The zero-order chi connectivity index (χ0) is 20.0. The first kappa shape index (κ1) is 19.4. The van der Waals surface area contributed by atoms with E-state index >= 15 is 0 Å². The summed E-state index contributed by atoms with van der Waals surface area (Å²) in [5.41, 5.74) is -0.269. The summed E-state index contributed by atoms with van der Waals surface area (Å²) in [6, 6.07) is -0.472. The van der Waals surface area contributed by atoms with E-state index < -0.39 is 11.6 Å². The summed E-state index contributed by atoms with van der Waals surface area (Å²) in [5, 5.41) is 7.00. The molecule has 1 aliphatic heterocycles. The minimum absolute atomic E-state index is 0.0359. The number of nitrogens with zero attached hydrogens (tertiary/aromatic N) is 4. The predicted molar refractivity (Wildman–Crippen MR) is 101 cm³/mol. The Morgan fingerprint density at radius 3 is 2.63 bits per heavy atom. The molecule has 0 aromatic carbocycles. The maximum atomic E-state index is 13.2. The second kappa shape index (κ2) is 6.65. The van der Waals surface area contributed by atoms with Gasteiger partial charge in [0, 0.05) is 19.8 Å². The molecule has 3 rings (SSSR count). The molecule has 27 heavy (non-hydrogen) atoms. The molecule has 1 spiro atoms. The molecule has 148 valence electrons. The fourth-order valence-corrected chi connectivity index (χ4v) is 4.92. The number of amides is 4. The van der Waals surface area contributed by atoms with Crippen LogP contribution >= 0.6 is 0 Å². The van der Waals surface area contributed by atoms with Crippen molar-refractivity contribution in [3.63, 3.8) is 0 Å². The summed E-state index contributed by atoms with van der Waals surface area (Å²) in [6.45, 7) is 8.38. The Labute approximate surface area is 159 Å². The van der Waals surface area contributed by atoms with Crippen LogP contribution in [0.5, 0.6) is 0 Å². The first-order chi connectivity index (χ1) is 12.6. The van der Waals surface area contributed by atoms with Crippen molar-refractivity contribution >= 4 is 23.5 Å². The molecule has 8 heteroatoms. The van der Waals surface area contributed by atoms with E-state index in [9.17, 15) is 14.4 Å². The fourth-order valence-electron chi connectivity index (χ4n) is 4.92. The zero-order valence-electron chi connectivity index (χ0n) is 16.8. The van der Waals surface area contributed by atoms with E-state index in [1.165, 1.54) is 4.90 Å². The number of likely N-dealkylation sites (N-methyl/N-ethyl adjacent to an activating group) is 1. The smallest absolute Gasteiger partial charge is 0.323 e. The number of rotatable bonds is 4. The molecule has 0 radical (unpaired) electrons. The molecule has 0 bridgehead atoms. The number of imide groups is 1. The summed E-state index contributed by atoms with van der Waals surface area (Å²) in [5.74, 6) is -0.243. The predicted octanol–water partition coefficient (Wildman–Crippen LogP) is 1.91. The third-order valence-electron chi connectivity index (χ3n) is 5.54. The van der Waals surface area contributed by atoms with Crippen molar-refractivity contribution in [2.45, 2.75) is 52.5 Å². The van der Waals surface area contributed by atoms with Crippen LogP contribution in [0.4, 0.5) is 10.5 Å². The van der Waals surface area contributed by atoms with Crippen molar-refractivity contribution < 1.29 is 14.4 Å². The molecule has 2 unspecified atom stereocenters. The standard InChI is InChI=1S/C19H29N5O3/c1-6-23(14-9-20-22(5)10-14)15(25)11-24-16(26)19(21-17(24)27)8-13(2)7-18(3,4)12-19/h9-10,13H,6-8,11-12H2,1-5H3,(H,21,27). The summed E-state index contributed by atoms with van der Waals surface area (Å²) < 4.78 is 1.61. The van der Waals surface area contributed by atoms with E-state index in [4.69, 9.17) is 0 Å². The van der Waals surface area contributed by atoms with E-state index in [-0.39, 0.29) is 23.8 Å². The van der Waals surface area contributed by atoms with Crippen molar-refractivity contribution in [3.05, 3.63) is 12.4 Å². The number of nitrogens with one attached hydrogen (secondary N) is 1. The van der Waals surface area contributed by atoms with Crippen LogP contribution in [-0.4, -0.2) is 51.2 Å². The van der Waals surface area contributed by atoms with Crippen LogP contribution in [0.15, 0.2) is 12.4 Å². The average molecular weight is 375 g/mol. The number of urea groups is 1. The van der Waals surface area contributed by atoms with E-state index in [1.54, 1.807) is 24.1 Å². The monoisotopic (exact) mass is 375 g/mol. The fraction of sp³-hybridized carbons (Fsp3) is 0.684. The molecule has 1 N–H and O–H groups in total. The van der Waals surface area contributed by atoms with Gasteiger partial charge in [-0.25, -0.2) is 4.79 Å². The van der Waals surface area contributed by atoms with Gasteiger partial charge in [0.25, 0.3) is 5.91 Å². The molecule has 1 saturated carbocycles. The first-order valence-corrected chi connectivity index (χ1v) is 9.50. The van der Waals surface area contributed by atoms with Crippen LogP contribution in [0.25, 0.3) is 0 Å². The third kappa shape index (κ3) is 3.57. The van der Waals surface area contributed by atoms with E-state index in [0.717, 1.165) is 11.3 Å². The first-order valence-electron chi connectivity index (χ1n) is 9.50. The Hall–Kier alpha value is -2.38. The Kier molecular flexibility index (Phi) is 4.78. The van der Waals surface area contributed by atoms with Crippen LogP contribution < -0.4 is 10.2 Å². The van der Waals surface area contributed by atoms with Gasteiger partial charge in [-0.3, -0.25) is 19.2 Å². The number of hydrogen-bond donors (Lipinski definition) is 1. The van der Waals surface area contributed by atoms with Gasteiger partial charge < -0.3 is 10.2 Å². The lowest BCUT2D eigenvalue weighted by molar-refractivity contribution is -0.137. The van der Waals surface area contributed by atoms with Crippen LogP contribution in [0, 0.1) is 11.3 Å². The highest BCUT2D eigenvalue weighted by molar-refractivity contribution is 6.10. The molecular formula is C19H29N5O3. The number of aromatic nitrogens is 2. The maximum Gasteiger partial charge on any atom is 0.325 e. The number of carbonyl (C=O) groups is 3. The van der Waals surface area contributed by atoms with Gasteiger partial charge >= 0.3 is 6.03 Å². The Balaban J connectivity index is 1.78. The molecule has 2 fully saturated rings. The van der Waals surface area contributed by atoms with Gasteiger partial charge in [0.05, 0.1) is 11.9 Å². The highest BCUT2D eigenvalue weighted by Gasteiger charge is 2.56. The molecule has 8 nitrogen and oxygen atoms in total. The molecule has 1 saturated heterocycles. The van der Waals surface area contributed by atoms with Gasteiger partial charge in [-0.2, -0.15) is 5.10 Å². The topological polar surface area (TPSA) is 87.5 Å². The molecule has 1 aliphatic carbocycles. The van der Waals surface area contributed by atoms with Crippen LogP contribution in [0.1, 0.15) is 47.0 Å². The van der Waals surface area contributed by atoms with Crippen molar-refractivity contribution in [1.82, 2.24) is 20.0 Å². The Morgan fingerprint density at radius 1 is 1.37 bits per heavy atom. The Bertz CT molecular complexity index is 771. The highest BCUT2D eigenvalue weighted by atomic mass is 16.2. The normalized spacial score (nSPS) is 27.1. The van der Waals surface area contributed by atoms with Gasteiger partial charge in [-0.15, -0.1) is 0 Å². The lowest BCUT2D eigenvalue weighted by Gasteiger charge is -2.43. The molecule has 4 amide bonds. The summed E-state index contributed by atoms with van der Waals surface area (Å²) in [6.07, 6.45) is 5.56. The summed E-state index contributed by atoms with van der Waals surface area (Å²) in [4.78, 5) is 41.2. The Morgan fingerprint density at radius 2 is 2.07 bits per heavy atom. The van der Waals surface area contributed by atoms with Crippen molar-refractivity contribution in [3.8, 4) is 0 Å². The maximum absolute atomic E-state index is 13.2. The molecular weight excluding hydrogens is 346 g/mol. The molecule has 2 atom stereocenters. The number of aryl methyl sites for hydroxylation is 1. The van der Waals surface area contributed by atoms with E-state index in [2.05, 4.69) is 31.2 Å². The van der Waals surface area contributed by atoms with Gasteiger partial charge in [-0.05, 0) is 37.5 Å². The molecule has 2 heterocycles. The summed E-state index contributed by atoms with van der Waals surface area (Å²) in [7, 11) is 1.77. The van der Waals surface area contributed by atoms with Gasteiger partial charge in [0.15, 0.2) is 0 Å². The third-order valence-corrected chi connectivity index (χ3v) is 5.54. The van der Waals surface area contributed by atoms with Crippen molar-refractivity contribution in [2.75, 3.05) is 18.0 Å².